The molecule has 0 aliphatic carbocycles. The van der Waals surface area contributed by atoms with E-state index in [4.69, 9.17) is 10.3 Å². The van der Waals surface area contributed by atoms with Crippen molar-refractivity contribution in [2.75, 3.05) is 16.8 Å². The minimum absolute atomic E-state index is 0.146. The molecule has 0 bridgehead atoms. The first kappa shape index (κ1) is 14.9. The summed E-state index contributed by atoms with van der Waals surface area (Å²) in [5, 5.41) is 7.08. The summed E-state index contributed by atoms with van der Waals surface area (Å²) in [6, 6.07) is 1.74. The van der Waals surface area contributed by atoms with Gasteiger partial charge in [0.05, 0.1) is 21.3 Å². The first-order chi connectivity index (χ1) is 9.45. The number of carbonyl (C=O) groups excluding carboxylic acids is 1. The summed E-state index contributed by atoms with van der Waals surface area (Å²) in [5.41, 5.74) is 7.28. The van der Waals surface area contributed by atoms with Crippen molar-refractivity contribution < 1.29 is 9.32 Å². The van der Waals surface area contributed by atoms with Crippen LogP contribution in [0.5, 0.6) is 0 Å². The maximum absolute atomic E-state index is 11.8. The zero-order valence-corrected chi connectivity index (χ0v) is 13.1. The van der Waals surface area contributed by atoms with Crippen LogP contribution in [0, 0.1) is 6.92 Å². The third-order valence-electron chi connectivity index (χ3n) is 2.49. The number of nitrogens with two attached hydrogens (primary N) is 1. The van der Waals surface area contributed by atoms with Gasteiger partial charge in [-0.1, -0.05) is 30.3 Å². The van der Waals surface area contributed by atoms with Crippen LogP contribution in [0.15, 0.2) is 14.8 Å². The lowest BCUT2D eigenvalue weighted by molar-refractivity contribution is -0.113. The van der Waals surface area contributed by atoms with Crippen LogP contribution in [-0.4, -0.2) is 21.8 Å². The molecule has 3 N–H and O–H groups in total. The Morgan fingerprint density at radius 1 is 1.60 bits per heavy atom. The van der Waals surface area contributed by atoms with Crippen LogP contribution in [0.2, 0.25) is 0 Å². The molecule has 0 spiro atoms. The van der Waals surface area contributed by atoms with Gasteiger partial charge in [0.1, 0.15) is 0 Å². The summed E-state index contributed by atoms with van der Waals surface area (Å²) < 4.78 is 6.01. The number of amides is 1. The molecular formula is C12H16N4O2S2. The van der Waals surface area contributed by atoms with Crippen molar-refractivity contribution in [2.24, 2.45) is 0 Å². The zero-order valence-electron chi connectivity index (χ0n) is 11.5. The minimum Gasteiger partial charge on any atom is -0.375 e. The Morgan fingerprint density at radius 2 is 2.35 bits per heavy atom. The number of rotatable bonds is 5. The number of aromatic nitrogens is 2. The average molecular weight is 312 g/mol. The van der Waals surface area contributed by atoms with E-state index in [1.165, 1.54) is 23.1 Å². The lowest BCUT2D eigenvalue weighted by Crippen LogP contribution is -2.13. The molecule has 0 saturated heterocycles. The van der Waals surface area contributed by atoms with Crippen LogP contribution >= 0.6 is 23.1 Å². The van der Waals surface area contributed by atoms with Crippen LogP contribution in [0.1, 0.15) is 31.2 Å². The van der Waals surface area contributed by atoms with Crippen molar-refractivity contribution in [2.45, 2.75) is 30.9 Å². The van der Waals surface area contributed by atoms with E-state index in [2.05, 4.69) is 15.5 Å². The lowest BCUT2D eigenvalue weighted by atomic mass is 10.1. The third-order valence-corrected chi connectivity index (χ3v) is 4.84. The summed E-state index contributed by atoms with van der Waals surface area (Å²) in [4.78, 5) is 15.9. The number of nitrogens with one attached hydrogen (secondary N) is 1. The Hall–Kier alpha value is -1.54. The molecule has 20 heavy (non-hydrogen) atoms. The fraction of sp³-hybridized carbons (Fsp3) is 0.417. The molecule has 0 aliphatic heterocycles. The highest BCUT2D eigenvalue weighted by atomic mass is 32.2. The van der Waals surface area contributed by atoms with E-state index >= 15 is 0 Å². The van der Waals surface area contributed by atoms with Gasteiger partial charge >= 0.3 is 0 Å². The van der Waals surface area contributed by atoms with E-state index in [0.29, 0.717) is 11.0 Å². The SMILES string of the molecule is Cc1nc(N)sc1SCC(=O)Nc1cc(C(C)C)no1. The van der Waals surface area contributed by atoms with Crippen LogP contribution in [0.4, 0.5) is 11.0 Å². The molecule has 2 aromatic heterocycles. The molecular weight excluding hydrogens is 296 g/mol. The molecule has 2 rings (SSSR count). The van der Waals surface area contributed by atoms with E-state index in [9.17, 15) is 4.79 Å². The fourth-order valence-corrected chi connectivity index (χ4v) is 3.28. The number of nitrogen functional groups attached to an aromatic ring is 1. The molecule has 0 atom stereocenters. The Kier molecular flexibility index (Phi) is 4.66. The van der Waals surface area contributed by atoms with Crippen LogP contribution in [-0.2, 0) is 4.79 Å². The number of nitrogens with zero attached hydrogens (tertiary/aromatic N) is 2. The molecule has 0 radical (unpaired) electrons. The molecule has 0 aliphatic rings. The van der Waals surface area contributed by atoms with Gasteiger partial charge in [0.15, 0.2) is 5.13 Å². The maximum atomic E-state index is 11.8. The second-order valence-electron chi connectivity index (χ2n) is 4.53. The lowest BCUT2D eigenvalue weighted by Gasteiger charge is -2.00. The maximum Gasteiger partial charge on any atom is 0.237 e. The molecule has 8 heteroatoms. The van der Waals surface area contributed by atoms with E-state index < -0.39 is 0 Å². The van der Waals surface area contributed by atoms with Gasteiger partial charge in [-0.15, -0.1) is 11.8 Å². The Morgan fingerprint density at radius 3 is 2.90 bits per heavy atom. The molecule has 1 amide bonds. The largest absolute Gasteiger partial charge is 0.375 e. The summed E-state index contributed by atoms with van der Waals surface area (Å²) in [5.74, 6) is 0.773. The quantitative estimate of drug-likeness (QED) is 0.824. The fourth-order valence-electron chi connectivity index (χ4n) is 1.46. The topological polar surface area (TPSA) is 94.0 Å². The highest BCUT2D eigenvalue weighted by Gasteiger charge is 2.12. The predicted molar refractivity (Wildman–Crippen MR) is 81.2 cm³/mol. The van der Waals surface area contributed by atoms with E-state index in [1.807, 2.05) is 20.8 Å². The molecule has 108 valence electrons. The van der Waals surface area contributed by atoms with E-state index in [1.54, 1.807) is 6.07 Å². The van der Waals surface area contributed by atoms with Crippen molar-refractivity contribution in [1.82, 2.24) is 10.1 Å². The van der Waals surface area contributed by atoms with Gasteiger partial charge in [-0.05, 0) is 12.8 Å². The predicted octanol–water partition coefficient (Wildman–Crippen LogP) is 2.88. The number of aryl methyl sites for hydroxylation is 1. The standard InChI is InChI=1S/C12H16N4O2S2/c1-6(2)8-4-10(18-16-8)15-9(17)5-19-11-7(3)14-12(13)20-11/h4,6H,5H2,1-3H3,(H2,13,14)(H,15,17). The number of carbonyl (C=O) groups is 1. The molecule has 0 aromatic carbocycles. The van der Waals surface area contributed by atoms with Crippen molar-refractivity contribution in [1.29, 1.82) is 0 Å². The summed E-state index contributed by atoms with van der Waals surface area (Å²) in [6.45, 7) is 5.89. The summed E-state index contributed by atoms with van der Waals surface area (Å²) in [6.07, 6.45) is 0. The van der Waals surface area contributed by atoms with E-state index in [-0.39, 0.29) is 17.6 Å². The van der Waals surface area contributed by atoms with Crippen molar-refractivity contribution in [3.63, 3.8) is 0 Å². The second-order valence-corrected chi connectivity index (χ2v) is 6.81. The van der Waals surface area contributed by atoms with Gasteiger partial charge in [-0.3, -0.25) is 10.1 Å². The molecule has 0 unspecified atom stereocenters. The van der Waals surface area contributed by atoms with Crippen molar-refractivity contribution in [3.05, 3.63) is 17.5 Å². The van der Waals surface area contributed by atoms with Gasteiger partial charge in [-0.25, -0.2) is 4.98 Å². The Labute approximate surface area is 125 Å². The first-order valence-electron chi connectivity index (χ1n) is 6.08. The van der Waals surface area contributed by atoms with Crippen LogP contribution < -0.4 is 11.1 Å². The second kappa shape index (κ2) is 6.27. The van der Waals surface area contributed by atoms with E-state index in [0.717, 1.165) is 15.6 Å². The minimum atomic E-state index is -0.146. The molecule has 2 heterocycles. The van der Waals surface area contributed by atoms with Gasteiger partial charge in [0.25, 0.3) is 0 Å². The molecule has 0 saturated carbocycles. The number of thiazole rings is 1. The van der Waals surface area contributed by atoms with Gasteiger partial charge in [0, 0.05) is 6.07 Å². The summed E-state index contributed by atoms with van der Waals surface area (Å²) >= 11 is 2.79. The molecule has 2 aromatic rings. The normalized spacial score (nSPS) is 11.0. The number of hydrogen-bond acceptors (Lipinski definition) is 7. The third kappa shape index (κ3) is 3.73. The molecule has 0 fully saturated rings. The van der Waals surface area contributed by atoms with Crippen molar-refractivity contribution in [3.8, 4) is 0 Å². The smallest absolute Gasteiger partial charge is 0.237 e. The highest BCUT2D eigenvalue weighted by Crippen LogP contribution is 2.30. The monoisotopic (exact) mass is 312 g/mol. The van der Waals surface area contributed by atoms with Crippen LogP contribution in [0.25, 0.3) is 0 Å². The Bertz CT molecular complexity index is 606. The Balaban J connectivity index is 1.87. The number of thioether (sulfide) groups is 1. The van der Waals surface area contributed by atoms with Gasteiger partial charge in [-0.2, -0.15) is 0 Å². The average Bonchev–Trinajstić information content (AvgIpc) is 2.94. The number of hydrogen-bond donors (Lipinski definition) is 2. The van der Waals surface area contributed by atoms with Crippen LogP contribution in [0.3, 0.4) is 0 Å². The zero-order chi connectivity index (χ0) is 14.7. The summed E-state index contributed by atoms with van der Waals surface area (Å²) in [7, 11) is 0. The molecule has 6 nitrogen and oxygen atoms in total. The first-order valence-corrected chi connectivity index (χ1v) is 7.88. The highest BCUT2D eigenvalue weighted by molar-refractivity contribution is 8.01. The number of anilines is 2. The van der Waals surface area contributed by atoms with Crippen molar-refractivity contribution >= 4 is 40.0 Å². The van der Waals surface area contributed by atoms with Gasteiger partial charge < -0.3 is 10.3 Å². The van der Waals surface area contributed by atoms with Gasteiger partial charge in [0.2, 0.25) is 11.8 Å².